The molecule has 0 fully saturated rings. The molecule has 0 saturated carbocycles. The van der Waals surface area contributed by atoms with E-state index >= 15 is 0 Å². The Kier molecular flexibility index (Phi) is 4.69. The molecule has 0 bridgehead atoms. The maximum Gasteiger partial charge on any atom is 0.433 e. The van der Waals surface area contributed by atoms with Crippen LogP contribution >= 0.6 is 11.6 Å². The van der Waals surface area contributed by atoms with Gasteiger partial charge in [0.15, 0.2) is 0 Å². The first-order valence-electron chi connectivity index (χ1n) is 5.97. The number of hydrogen-bond acceptors (Lipinski definition) is 3. The van der Waals surface area contributed by atoms with Crippen LogP contribution in [0.15, 0.2) is 42.5 Å². The number of halogens is 4. The Morgan fingerprint density at radius 2 is 1.81 bits per heavy atom. The van der Waals surface area contributed by atoms with Gasteiger partial charge >= 0.3 is 6.18 Å². The van der Waals surface area contributed by atoms with Gasteiger partial charge in [-0.05, 0) is 18.2 Å². The van der Waals surface area contributed by atoms with Crippen molar-refractivity contribution in [1.29, 1.82) is 0 Å². The quantitative estimate of drug-likeness (QED) is 0.871. The summed E-state index contributed by atoms with van der Waals surface area (Å²) < 4.78 is 42.7. The van der Waals surface area contributed by atoms with Gasteiger partial charge in [0.25, 0.3) is 0 Å². The number of aliphatic hydroxyl groups is 1. The van der Waals surface area contributed by atoms with Crippen LogP contribution in [0.3, 0.4) is 0 Å². The number of alkyl halides is 3. The largest absolute Gasteiger partial charge is 0.491 e. The van der Waals surface area contributed by atoms with E-state index in [1.54, 1.807) is 30.3 Å². The number of aliphatic hydroxyl groups excluding tert-OH is 1. The highest BCUT2D eigenvalue weighted by molar-refractivity contribution is 6.30. The van der Waals surface area contributed by atoms with Crippen molar-refractivity contribution in [1.82, 2.24) is 4.98 Å². The lowest BCUT2D eigenvalue weighted by Crippen LogP contribution is -2.13. The van der Waals surface area contributed by atoms with Gasteiger partial charge in [-0.25, -0.2) is 4.98 Å². The first-order valence-corrected chi connectivity index (χ1v) is 6.35. The minimum absolute atomic E-state index is 0.0839. The molecule has 21 heavy (non-hydrogen) atoms. The molecule has 0 saturated heterocycles. The van der Waals surface area contributed by atoms with Gasteiger partial charge in [-0.15, -0.1) is 0 Å². The van der Waals surface area contributed by atoms with E-state index in [4.69, 9.17) is 16.3 Å². The third kappa shape index (κ3) is 4.09. The third-order valence-electron chi connectivity index (χ3n) is 2.68. The number of para-hydroxylation sites is 1. The highest BCUT2D eigenvalue weighted by Gasteiger charge is 2.33. The van der Waals surface area contributed by atoms with Crippen LogP contribution in [0.2, 0.25) is 5.15 Å². The second-order valence-corrected chi connectivity index (χ2v) is 4.57. The fraction of sp³-hybridized carbons (Fsp3) is 0.214. The van der Waals surface area contributed by atoms with E-state index in [0.29, 0.717) is 5.75 Å². The average molecular weight is 318 g/mol. The number of pyridine rings is 1. The zero-order valence-corrected chi connectivity index (χ0v) is 11.4. The molecule has 0 aliphatic heterocycles. The van der Waals surface area contributed by atoms with Crippen molar-refractivity contribution in [2.75, 3.05) is 6.61 Å². The van der Waals surface area contributed by atoms with E-state index < -0.39 is 23.1 Å². The number of rotatable bonds is 4. The maximum absolute atomic E-state index is 12.5. The van der Waals surface area contributed by atoms with Crippen LogP contribution in [0, 0.1) is 0 Å². The lowest BCUT2D eigenvalue weighted by atomic mass is 10.1. The fourth-order valence-electron chi connectivity index (χ4n) is 1.63. The molecule has 2 aromatic rings. The molecule has 0 radical (unpaired) electrons. The van der Waals surface area contributed by atoms with Crippen molar-refractivity contribution in [3.05, 3.63) is 58.9 Å². The summed E-state index contributed by atoms with van der Waals surface area (Å²) in [6.07, 6.45) is -5.75. The summed E-state index contributed by atoms with van der Waals surface area (Å²) >= 11 is 5.69. The first-order chi connectivity index (χ1) is 9.88. The predicted molar refractivity (Wildman–Crippen MR) is 71.1 cm³/mol. The summed E-state index contributed by atoms with van der Waals surface area (Å²) in [4.78, 5) is 3.25. The Morgan fingerprint density at radius 1 is 1.14 bits per heavy atom. The standard InChI is InChI=1S/C14H11ClF3NO2/c15-13-10(6-7-12(19-13)14(16,17)18)11(20)8-21-9-4-2-1-3-5-9/h1-7,11,20H,8H2. The van der Waals surface area contributed by atoms with Crippen molar-refractivity contribution in [2.24, 2.45) is 0 Å². The molecule has 0 amide bonds. The Labute approximate surface area is 124 Å². The lowest BCUT2D eigenvalue weighted by molar-refractivity contribution is -0.141. The van der Waals surface area contributed by atoms with E-state index in [1.165, 1.54) is 0 Å². The van der Waals surface area contributed by atoms with Gasteiger partial charge in [-0.3, -0.25) is 0 Å². The van der Waals surface area contributed by atoms with Crippen LogP contribution in [0.4, 0.5) is 13.2 Å². The van der Waals surface area contributed by atoms with Crippen LogP contribution in [0.25, 0.3) is 0 Å². The number of nitrogens with zero attached hydrogens (tertiary/aromatic N) is 1. The van der Waals surface area contributed by atoms with E-state index in [0.717, 1.165) is 12.1 Å². The van der Waals surface area contributed by atoms with Crippen LogP contribution in [-0.2, 0) is 6.18 Å². The smallest absolute Gasteiger partial charge is 0.433 e. The molecule has 1 N–H and O–H groups in total. The van der Waals surface area contributed by atoms with Crippen molar-refractivity contribution in [3.63, 3.8) is 0 Å². The van der Waals surface area contributed by atoms with E-state index in [1.807, 2.05) is 0 Å². The normalized spacial score (nSPS) is 13.0. The molecule has 1 atom stereocenters. The monoisotopic (exact) mass is 317 g/mol. The van der Waals surface area contributed by atoms with Gasteiger partial charge < -0.3 is 9.84 Å². The fourth-order valence-corrected chi connectivity index (χ4v) is 1.91. The zero-order valence-electron chi connectivity index (χ0n) is 10.6. The topological polar surface area (TPSA) is 42.4 Å². The first kappa shape index (κ1) is 15.6. The Hall–Kier alpha value is -1.79. The molecule has 112 valence electrons. The minimum Gasteiger partial charge on any atom is -0.491 e. The summed E-state index contributed by atoms with van der Waals surface area (Å²) in [5.74, 6) is 0.535. The summed E-state index contributed by atoms with van der Waals surface area (Å²) in [6.45, 7) is -0.142. The average Bonchev–Trinajstić information content (AvgIpc) is 2.45. The minimum atomic E-state index is -4.58. The van der Waals surface area contributed by atoms with Gasteiger partial charge in [-0.2, -0.15) is 13.2 Å². The highest BCUT2D eigenvalue weighted by Crippen LogP contribution is 2.31. The van der Waals surface area contributed by atoms with Crippen molar-refractivity contribution in [2.45, 2.75) is 12.3 Å². The molecule has 1 heterocycles. The Morgan fingerprint density at radius 3 is 2.38 bits per heavy atom. The molecule has 1 unspecified atom stereocenters. The van der Waals surface area contributed by atoms with Gasteiger partial charge in [0.1, 0.15) is 29.3 Å². The molecule has 0 aliphatic carbocycles. The van der Waals surface area contributed by atoms with Crippen molar-refractivity contribution < 1.29 is 23.0 Å². The predicted octanol–water partition coefficient (Wildman–Crippen LogP) is 3.87. The van der Waals surface area contributed by atoms with Gasteiger partial charge in [0.05, 0.1) is 0 Å². The Balaban J connectivity index is 2.07. The van der Waals surface area contributed by atoms with E-state index in [2.05, 4.69) is 4.98 Å². The number of ether oxygens (including phenoxy) is 1. The third-order valence-corrected chi connectivity index (χ3v) is 2.98. The summed E-state index contributed by atoms with van der Waals surface area (Å²) in [5.41, 5.74) is -1.02. The molecule has 0 spiro atoms. The number of hydrogen-bond donors (Lipinski definition) is 1. The van der Waals surface area contributed by atoms with Crippen molar-refractivity contribution in [3.8, 4) is 5.75 Å². The second kappa shape index (κ2) is 6.32. The van der Waals surface area contributed by atoms with Crippen LogP contribution in [0.1, 0.15) is 17.4 Å². The molecular weight excluding hydrogens is 307 g/mol. The van der Waals surface area contributed by atoms with Crippen LogP contribution in [0.5, 0.6) is 5.75 Å². The second-order valence-electron chi connectivity index (χ2n) is 4.21. The summed E-state index contributed by atoms with van der Waals surface area (Å²) in [6, 6.07) is 10.6. The zero-order chi connectivity index (χ0) is 15.5. The molecule has 3 nitrogen and oxygen atoms in total. The van der Waals surface area contributed by atoms with E-state index in [-0.39, 0.29) is 12.2 Å². The molecule has 1 aromatic carbocycles. The number of benzene rings is 1. The van der Waals surface area contributed by atoms with Crippen molar-refractivity contribution >= 4 is 11.6 Å². The number of aromatic nitrogens is 1. The summed E-state index contributed by atoms with van der Waals surface area (Å²) in [7, 11) is 0. The van der Waals surface area contributed by atoms with Crippen LogP contribution in [-0.4, -0.2) is 16.7 Å². The lowest BCUT2D eigenvalue weighted by Gasteiger charge is -2.15. The maximum atomic E-state index is 12.5. The molecule has 7 heteroatoms. The molecule has 0 aliphatic rings. The molecule has 2 rings (SSSR count). The molecular formula is C14H11ClF3NO2. The van der Waals surface area contributed by atoms with E-state index in [9.17, 15) is 18.3 Å². The van der Waals surface area contributed by atoms with Gasteiger partial charge in [-0.1, -0.05) is 35.9 Å². The Bertz CT molecular complexity index is 605. The summed E-state index contributed by atoms with van der Waals surface area (Å²) in [5, 5.41) is 9.53. The highest BCUT2D eigenvalue weighted by atomic mass is 35.5. The van der Waals surface area contributed by atoms with Crippen LogP contribution < -0.4 is 4.74 Å². The SMILES string of the molecule is OC(COc1ccccc1)c1ccc(C(F)(F)F)nc1Cl. The van der Waals surface area contributed by atoms with Gasteiger partial charge in [0.2, 0.25) is 0 Å². The molecule has 1 aromatic heterocycles. The van der Waals surface area contributed by atoms with Gasteiger partial charge in [0, 0.05) is 5.56 Å².